The van der Waals surface area contributed by atoms with Crippen LogP contribution in [0.4, 0.5) is 31.5 Å². The summed E-state index contributed by atoms with van der Waals surface area (Å²) in [5, 5.41) is 7.12. The van der Waals surface area contributed by atoms with Gasteiger partial charge in [0.2, 0.25) is 11.8 Å². The Morgan fingerprint density at radius 2 is 1.64 bits per heavy atom. The predicted octanol–water partition coefficient (Wildman–Crippen LogP) is 6.77. The number of nitrogens with zero attached hydrogens (tertiary/aromatic N) is 4. The fourth-order valence-electron chi connectivity index (χ4n) is 5.73. The number of halogens is 5. The maximum absolute atomic E-state index is 13.9. The van der Waals surface area contributed by atoms with Crippen LogP contribution in [-0.2, 0) is 20.7 Å². The molecule has 2 unspecified atom stereocenters. The smallest absolute Gasteiger partial charge is 0.417 e. The van der Waals surface area contributed by atoms with Gasteiger partial charge in [0, 0.05) is 18.8 Å². The van der Waals surface area contributed by atoms with Crippen molar-refractivity contribution in [3.63, 3.8) is 0 Å². The summed E-state index contributed by atoms with van der Waals surface area (Å²) in [6.07, 6.45) is -4.83. The molecule has 0 radical (unpaired) electrons. The topological polar surface area (TPSA) is 115 Å². The third kappa shape index (κ3) is 8.81. The van der Waals surface area contributed by atoms with Crippen molar-refractivity contribution >= 4 is 23.7 Å². The van der Waals surface area contributed by atoms with E-state index in [1.165, 1.54) is 31.5 Å². The van der Waals surface area contributed by atoms with Crippen LogP contribution in [0.15, 0.2) is 18.5 Å². The minimum atomic E-state index is -4.82. The molecule has 3 heterocycles. The third-order valence-electron chi connectivity index (χ3n) is 7.76. The molecule has 3 amide bonds. The Kier molecular flexibility index (Phi) is 9.43. The van der Waals surface area contributed by atoms with Crippen molar-refractivity contribution in [1.29, 1.82) is 0 Å². The van der Waals surface area contributed by atoms with Crippen LogP contribution in [0.25, 0.3) is 5.65 Å². The number of likely N-dealkylation sites (tertiary alicyclic amines) is 1. The number of alkyl carbamates (subject to hydrolysis) is 1. The van der Waals surface area contributed by atoms with Gasteiger partial charge in [-0.05, 0) is 91.2 Å². The van der Waals surface area contributed by atoms with Crippen molar-refractivity contribution in [2.75, 3.05) is 0 Å². The Labute approximate surface area is 258 Å². The number of carbonyl (C=O) groups excluding carboxylic acids is 3. The Morgan fingerprint density at radius 1 is 1.02 bits per heavy atom. The van der Waals surface area contributed by atoms with E-state index in [9.17, 15) is 36.3 Å². The molecule has 2 fully saturated rings. The molecule has 1 aliphatic heterocycles. The maximum atomic E-state index is 13.9. The molecule has 4 rings (SSSR count). The molecule has 15 heteroatoms. The number of hydrogen-bond donors (Lipinski definition) is 1. The van der Waals surface area contributed by atoms with Crippen LogP contribution in [-0.4, -0.2) is 66.9 Å². The summed E-state index contributed by atoms with van der Waals surface area (Å²) < 4.78 is 81.2. The minimum Gasteiger partial charge on any atom is -0.444 e. The molecule has 1 saturated heterocycles. The lowest BCUT2D eigenvalue weighted by Gasteiger charge is -2.39. The van der Waals surface area contributed by atoms with E-state index in [2.05, 4.69) is 15.4 Å². The van der Waals surface area contributed by atoms with Gasteiger partial charge >= 0.3 is 18.4 Å². The molecule has 2 aromatic rings. The Bertz CT molecular complexity index is 1400. The fourth-order valence-corrected chi connectivity index (χ4v) is 5.73. The molecule has 45 heavy (non-hydrogen) atoms. The summed E-state index contributed by atoms with van der Waals surface area (Å²) in [6, 6.07) is -1.43. The molecule has 3 atom stereocenters. The zero-order chi connectivity index (χ0) is 33.5. The Morgan fingerprint density at radius 3 is 2.22 bits per heavy atom. The highest BCUT2D eigenvalue weighted by Gasteiger charge is 2.53. The zero-order valence-corrected chi connectivity index (χ0v) is 26.2. The van der Waals surface area contributed by atoms with Gasteiger partial charge in [0.15, 0.2) is 5.65 Å². The van der Waals surface area contributed by atoms with E-state index in [0.717, 1.165) is 0 Å². The predicted molar refractivity (Wildman–Crippen MR) is 151 cm³/mol. The van der Waals surface area contributed by atoms with Crippen LogP contribution in [0.2, 0.25) is 0 Å². The first-order valence-electron chi connectivity index (χ1n) is 15.0. The van der Waals surface area contributed by atoms with E-state index in [0.29, 0.717) is 16.9 Å². The first-order valence-corrected chi connectivity index (χ1v) is 15.0. The number of imidazole rings is 1. The molecule has 0 aromatic carbocycles. The lowest BCUT2D eigenvalue weighted by Crippen LogP contribution is -2.58. The van der Waals surface area contributed by atoms with Crippen LogP contribution in [0, 0.1) is 11.8 Å². The molecule has 10 nitrogen and oxygen atoms in total. The van der Waals surface area contributed by atoms with Crippen LogP contribution >= 0.6 is 0 Å². The highest BCUT2D eigenvalue weighted by atomic mass is 19.4. The first-order chi connectivity index (χ1) is 20.6. The molecule has 1 N–H and O–H groups in total. The quantitative estimate of drug-likeness (QED) is 0.357. The fraction of sp³-hybridized carbons (Fsp3) is 0.700. The van der Waals surface area contributed by atoms with E-state index in [-0.39, 0.29) is 49.3 Å². The van der Waals surface area contributed by atoms with Gasteiger partial charge in [0.25, 0.3) is 0 Å². The highest BCUT2D eigenvalue weighted by molar-refractivity contribution is 5.94. The molecule has 250 valence electrons. The van der Waals surface area contributed by atoms with Gasteiger partial charge in [-0.3, -0.25) is 4.79 Å². The molecule has 1 aliphatic carbocycles. The average molecular weight is 646 g/mol. The standard InChI is InChI=1S/C30H40F5N5O5/c1-27(2,3)44-25(42)38-23(18-9-11-29(31,32)12-10-18)20-16-39-22(37-20)14-17(15-36-39)13-19-7-8-21(30(33,34)35)40(24(19)41)26(43)45-28(4,5)6/h14-16,18-19,21,23H,7-13H2,1-6H3,(H,38,42)/t19?,21?,23-/m0/s1. The number of ether oxygens (including phenoxy) is 2. The number of amides is 3. The van der Waals surface area contributed by atoms with Crippen molar-refractivity contribution < 1.29 is 45.8 Å². The van der Waals surface area contributed by atoms with Crippen LogP contribution < -0.4 is 5.32 Å². The summed E-state index contributed by atoms with van der Waals surface area (Å²) >= 11 is 0. The van der Waals surface area contributed by atoms with Crippen molar-refractivity contribution in [2.45, 2.75) is 122 Å². The van der Waals surface area contributed by atoms with E-state index in [1.807, 2.05) is 0 Å². The number of aromatic nitrogens is 3. The molecule has 0 spiro atoms. The average Bonchev–Trinajstić information content (AvgIpc) is 3.29. The summed E-state index contributed by atoms with van der Waals surface area (Å²) in [7, 11) is 0. The SMILES string of the molecule is CC(C)(C)OC(=O)N[C@H](c1cn2ncc(CC3CCC(C(F)(F)F)N(C(=O)OC(C)(C)C)C3=O)cc2n1)C1CCC(F)(F)CC1. The summed E-state index contributed by atoms with van der Waals surface area (Å²) in [6.45, 7) is 9.59. The highest BCUT2D eigenvalue weighted by Crippen LogP contribution is 2.42. The second-order valence-electron chi connectivity index (χ2n) is 13.9. The second kappa shape index (κ2) is 12.3. The lowest BCUT2D eigenvalue weighted by atomic mass is 9.81. The summed E-state index contributed by atoms with van der Waals surface area (Å²) in [5.74, 6) is -5.06. The van der Waals surface area contributed by atoms with Gasteiger partial charge in [0.05, 0.1) is 24.1 Å². The molecule has 2 aromatic heterocycles. The number of rotatable bonds is 5. The number of imide groups is 1. The Hall–Kier alpha value is -3.52. The Balaban J connectivity index is 1.57. The molecule has 0 bridgehead atoms. The number of hydrogen-bond acceptors (Lipinski definition) is 7. The monoisotopic (exact) mass is 645 g/mol. The number of carbonyl (C=O) groups is 3. The van der Waals surface area contributed by atoms with Gasteiger partial charge in [-0.25, -0.2) is 32.8 Å². The van der Waals surface area contributed by atoms with Gasteiger partial charge in [0.1, 0.15) is 17.2 Å². The van der Waals surface area contributed by atoms with Crippen molar-refractivity contribution in [3.8, 4) is 0 Å². The van der Waals surface area contributed by atoms with E-state index in [4.69, 9.17) is 9.47 Å². The summed E-state index contributed by atoms with van der Waals surface area (Å²) in [4.78, 5) is 43.5. The molecule has 2 aliphatic rings. The number of fused-ring (bicyclic) bond motifs is 1. The second-order valence-corrected chi connectivity index (χ2v) is 13.9. The van der Waals surface area contributed by atoms with Crippen molar-refractivity contribution in [2.24, 2.45) is 11.8 Å². The van der Waals surface area contributed by atoms with Crippen molar-refractivity contribution in [1.82, 2.24) is 24.8 Å². The van der Waals surface area contributed by atoms with Crippen LogP contribution in [0.3, 0.4) is 0 Å². The van der Waals surface area contributed by atoms with Gasteiger partial charge in [-0.15, -0.1) is 0 Å². The maximum Gasteiger partial charge on any atom is 0.417 e. The third-order valence-corrected chi connectivity index (χ3v) is 7.76. The van der Waals surface area contributed by atoms with E-state index < -0.39 is 65.8 Å². The first kappa shape index (κ1) is 34.4. The van der Waals surface area contributed by atoms with Gasteiger partial charge in [-0.1, -0.05) is 0 Å². The van der Waals surface area contributed by atoms with E-state index in [1.54, 1.807) is 33.0 Å². The summed E-state index contributed by atoms with van der Waals surface area (Å²) in [5.41, 5.74) is -0.720. The molecular weight excluding hydrogens is 605 g/mol. The van der Waals surface area contributed by atoms with Gasteiger partial charge in [-0.2, -0.15) is 18.3 Å². The molecular formula is C30H40F5N5O5. The van der Waals surface area contributed by atoms with Crippen LogP contribution in [0.1, 0.15) is 97.4 Å². The largest absolute Gasteiger partial charge is 0.444 e. The normalized spacial score (nSPS) is 22.3. The van der Waals surface area contributed by atoms with Crippen LogP contribution in [0.5, 0.6) is 0 Å². The number of alkyl halides is 5. The zero-order valence-electron chi connectivity index (χ0n) is 26.2. The van der Waals surface area contributed by atoms with E-state index >= 15 is 0 Å². The van der Waals surface area contributed by atoms with Crippen molar-refractivity contribution in [3.05, 3.63) is 29.7 Å². The van der Waals surface area contributed by atoms with Gasteiger partial charge < -0.3 is 14.8 Å². The minimum absolute atomic E-state index is 0.00824. The number of nitrogens with one attached hydrogen (secondary N) is 1. The molecule has 1 saturated carbocycles. The number of piperidine rings is 1. The lowest BCUT2D eigenvalue weighted by molar-refractivity contribution is -0.196.